The molecule has 3 rings (SSSR count). The van der Waals surface area contributed by atoms with E-state index in [2.05, 4.69) is 10.2 Å². The van der Waals surface area contributed by atoms with Gasteiger partial charge in [0.1, 0.15) is 0 Å². The lowest BCUT2D eigenvalue weighted by Crippen LogP contribution is -2.43. The van der Waals surface area contributed by atoms with Crippen molar-refractivity contribution in [3.63, 3.8) is 0 Å². The van der Waals surface area contributed by atoms with Crippen LogP contribution < -0.4 is 5.32 Å². The van der Waals surface area contributed by atoms with Crippen LogP contribution in [0.2, 0.25) is 0 Å². The summed E-state index contributed by atoms with van der Waals surface area (Å²) in [5.41, 5.74) is 0. The maximum atomic E-state index is 12.7. The average Bonchev–Trinajstić information content (AvgIpc) is 2.55. The van der Waals surface area contributed by atoms with Gasteiger partial charge in [0, 0.05) is 25.0 Å². The van der Waals surface area contributed by atoms with Gasteiger partial charge in [-0.1, -0.05) is 25.7 Å². The first-order valence-electron chi connectivity index (χ1n) is 8.36. The summed E-state index contributed by atoms with van der Waals surface area (Å²) in [6.07, 6.45) is 12.4. The monoisotopic (exact) mass is 300 g/mol. The fourth-order valence-corrected chi connectivity index (χ4v) is 4.31. The van der Waals surface area contributed by atoms with Crippen LogP contribution in [0.1, 0.15) is 64.2 Å². The number of amides is 1. The molecular weight excluding hydrogens is 272 g/mol. The molecule has 2 bridgehead atoms. The highest BCUT2D eigenvalue weighted by Gasteiger charge is 2.38. The van der Waals surface area contributed by atoms with Crippen LogP contribution in [0.4, 0.5) is 0 Å². The van der Waals surface area contributed by atoms with Gasteiger partial charge in [-0.2, -0.15) is 0 Å². The van der Waals surface area contributed by atoms with E-state index >= 15 is 0 Å². The van der Waals surface area contributed by atoms with Crippen molar-refractivity contribution < 1.29 is 4.79 Å². The quantitative estimate of drug-likeness (QED) is 0.795. The molecule has 2 aliphatic heterocycles. The molecule has 1 amide bonds. The van der Waals surface area contributed by atoms with Gasteiger partial charge in [0.25, 0.3) is 0 Å². The Labute approximate surface area is 129 Å². The zero-order chi connectivity index (χ0) is 13.1. The molecule has 1 aliphatic carbocycles. The van der Waals surface area contributed by atoms with Gasteiger partial charge in [-0.15, -0.1) is 12.4 Å². The van der Waals surface area contributed by atoms with Crippen LogP contribution in [0.25, 0.3) is 0 Å². The molecule has 0 aromatic carbocycles. The Hall–Kier alpha value is -0.280. The highest BCUT2D eigenvalue weighted by Crippen LogP contribution is 2.31. The number of nitrogens with zero attached hydrogens (tertiary/aromatic N) is 1. The molecule has 2 saturated heterocycles. The van der Waals surface area contributed by atoms with Crippen molar-refractivity contribution in [2.75, 3.05) is 13.1 Å². The van der Waals surface area contributed by atoms with Crippen LogP contribution in [-0.4, -0.2) is 36.0 Å². The fraction of sp³-hybridized carbons (Fsp3) is 0.938. The topological polar surface area (TPSA) is 32.3 Å². The van der Waals surface area contributed by atoms with Crippen LogP contribution in [0.3, 0.4) is 0 Å². The van der Waals surface area contributed by atoms with Gasteiger partial charge in [0.15, 0.2) is 0 Å². The summed E-state index contributed by atoms with van der Waals surface area (Å²) in [6, 6.07) is 1.03. The van der Waals surface area contributed by atoms with Crippen molar-refractivity contribution in [1.82, 2.24) is 10.2 Å². The second-order valence-corrected chi connectivity index (χ2v) is 6.74. The van der Waals surface area contributed by atoms with Gasteiger partial charge in [0.05, 0.1) is 0 Å². The van der Waals surface area contributed by atoms with Gasteiger partial charge < -0.3 is 10.2 Å². The molecule has 2 atom stereocenters. The molecule has 4 heteroatoms. The first kappa shape index (κ1) is 16.1. The number of nitrogens with one attached hydrogen (secondary N) is 1. The maximum Gasteiger partial charge on any atom is 0.223 e. The summed E-state index contributed by atoms with van der Waals surface area (Å²) in [7, 11) is 0. The molecule has 0 aromatic rings. The number of fused-ring (bicyclic) bond motifs is 2. The molecule has 2 unspecified atom stereocenters. The third-order valence-electron chi connectivity index (χ3n) is 5.38. The lowest BCUT2D eigenvalue weighted by atomic mass is 9.95. The molecule has 0 spiro atoms. The van der Waals surface area contributed by atoms with E-state index in [4.69, 9.17) is 0 Å². The van der Waals surface area contributed by atoms with E-state index < -0.39 is 0 Å². The SMILES string of the molecule is Cl.O=C(CC1CCCCCC1)N1C2CCNCC1CC2. The molecular formula is C16H29ClN2O. The number of hydrogen-bond acceptors (Lipinski definition) is 2. The van der Waals surface area contributed by atoms with E-state index in [9.17, 15) is 4.79 Å². The molecule has 3 fully saturated rings. The Morgan fingerprint density at radius 2 is 1.65 bits per heavy atom. The average molecular weight is 301 g/mol. The van der Waals surface area contributed by atoms with Gasteiger partial charge in [-0.3, -0.25) is 4.79 Å². The highest BCUT2D eigenvalue weighted by molar-refractivity contribution is 5.85. The number of hydrogen-bond donors (Lipinski definition) is 1. The van der Waals surface area contributed by atoms with Crippen molar-refractivity contribution in [3.05, 3.63) is 0 Å². The van der Waals surface area contributed by atoms with Crippen LogP contribution in [0.15, 0.2) is 0 Å². The normalized spacial score (nSPS) is 31.3. The Morgan fingerprint density at radius 1 is 0.950 bits per heavy atom. The first-order chi connectivity index (χ1) is 9.34. The zero-order valence-electron chi connectivity index (χ0n) is 12.5. The molecule has 1 saturated carbocycles. The molecule has 20 heavy (non-hydrogen) atoms. The lowest BCUT2D eigenvalue weighted by molar-refractivity contribution is -0.134. The summed E-state index contributed by atoms with van der Waals surface area (Å²) in [6.45, 7) is 2.11. The summed E-state index contributed by atoms with van der Waals surface area (Å²) in [5, 5.41) is 3.48. The first-order valence-corrected chi connectivity index (χ1v) is 8.36. The largest absolute Gasteiger partial charge is 0.335 e. The predicted molar refractivity (Wildman–Crippen MR) is 84.2 cm³/mol. The summed E-state index contributed by atoms with van der Waals surface area (Å²) >= 11 is 0. The van der Waals surface area contributed by atoms with Gasteiger partial charge in [-0.05, 0) is 44.6 Å². The molecule has 1 N–H and O–H groups in total. The van der Waals surface area contributed by atoms with E-state index in [1.807, 2.05) is 0 Å². The maximum absolute atomic E-state index is 12.7. The van der Waals surface area contributed by atoms with Crippen LogP contribution >= 0.6 is 12.4 Å². The van der Waals surface area contributed by atoms with Crippen LogP contribution in [0, 0.1) is 5.92 Å². The van der Waals surface area contributed by atoms with Gasteiger partial charge >= 0.3 is 0 Å². The molecule has 0 aromatic heterocycles. The lowest BCUT2D eigenvalue weighted by Gasteiger charge is -2.29. The van der Waals surface area contributed by atoms with E-state index in [1.54, 1.807) is 0 Å². The van der Waals surface area contributed by atoms with Crippen molar-refractivity contribution >= 4 is 18.3 Å². The molecule has 2 heterocycles. The number of carbonyl (C=O) groups is 1. The number of halogens is 1. The van der Waals surface area contributed by atoms with Gasteiger partial charge in [0.2, 0.25) is 5.91 Å². The van der Waals surface area contributed by atoms with E-state index in [0.29, 0.717) is 23.9 Å². The Bertz CT molecular complexity index is 302. The molecule has 3 aliphatic rings. The minimum atomic E-state index is 0. The van der Waals surface area contributed by atoms with Crippen molar-refractivity contribution in [3.8, 4) is 0 Å². The van der Waals surface area contributed by atoms with Crippen molar-refractivity contribution in [2.45, 2.75) is 76.3 Å². The van der Waals surface area contributed by atoms with Gasteiger partial charge in [-0.25, -0.2) is 0 Å². The highest BCUT2D eigenvalue weighted by atomic mass is 35.5. The second kappa shape index (κ2) is 7.65. The summed E-state index contributed by atoms with van der Waals surface area (Å²) < 4.78 is 0. The van der Waals surface area contributed by atoms with E-state index in [0.717, 1.165) is 25.9 Å². The minimum Gasteiger partial charge on any atom is -0.335 e. The van der Waals surface area contributed by atoms with Crippen LogP contribution in [-0.2, 0) is 4.79 Å². The fourth-order valence-electron chi connectivity index (χ4n) is 4.31. The minimum absolute atomic E-state index is 0. The zero-order valence-corrected chi connectivity index (χ0v) is 13.3. The van der Waals surface area contributed by atoms with Crippen LogP contribution in [0.5, 0.6) is 0 Å². The molecule has 116 valence electrons. The summed E-state index contributed by atoms with van der Waals surface area (Å²) in [5.74, 6) is 1.13. The molecule has 0 radical (unpaired) electrons. The second-order valence-electron chi connectivity index (χ2n) is 6.74. The standard InChI is InChI=1S/C16H28N2O.ClH/c19-16(11-13-5-3-1-2-4-6-13)18-14-7-8-15(18)12-17-10-9-14;/h13-15,17H,1-12H2;1H. The summed E-state index contributed by atoms with van der Waals surface area (Å²) in [4.78, 5) is 15.0. The Balaban J connectivity index is 0.00000147. The van der Waals surface area contributed by atoms with E-state index in [-0.39, 0.29) is 12.4 Å². The predicted octanol–water partition coefficient (Wildman–Crippen LogP) is 3.12. The molecule has 3 nitrogen and oxygen atoms in total. The number of rotatable bonds is 2. The third kappa shape index (κ3) is 3.67. The van der Waals surface area contributed by atoms with Crippen molar-refractivity contribution in [2.24, 2.45) is 5.92 Å². The smallest absolute Gasteiger partial charge is 0.223 e. The van der Waals surface area contributed by atoms with Crippen molar-refractivity contribution in [1.29, 1.82) is 0 Å². The Kier molecular flexibility index (Phi) is 6.16. The Morgan fingerprint density at radius 3 is 2.40 bits per heavy atom. The van der Waals surface area contributed by atoms with E-state index in [1.165, 1.54) is 51.4 Å². The number of carbonyl (C=O) groups excluding carboxylic acids is 1. The third-order valence-corrected chi connectivity index (χ3v) is 5.38.